The van der Waals surface area contributed by atoms with Gasteiger partial charge in [-0.1, -0.05) is 0 Å². The molecular formula is C14H31N3O. The first-order valence-electron chi connectivity index (χ1n) is 7.12. The van der Waals surface area contributed by atoms with Crippen molar-refractivity contribution in [3.63, 3.8) is 0 Å². The number of rotatable bonds is 6. The van der Waals surface area contributed by atoms with Crippen LogP contribution in [0.15, 0.2) is 0 Å². The van der Waals surface area contributed by atoms with Crippen molar-refractivity contribution in [1.82, 2.24) is 15.1 Å². The maximum atomic E-state index is 10.1. The van der Waals surface area contributed by atoms with E-state index in [1.165, 1.54) is 0 Å². The Kier molecular flexibility index (Phi) is 6.05. The zero-order chi connectivity index (χ0) is 13.8. The summed E-state index contributed by atoms with van der Waals surface area (Å²) in [5.41, 5.74) is 0.222. The van der Waals surface area contributed by atoms with Gasteiger partial charge in [-0.3, -0.25) is 10.2 Å². The summed E-state index contributed by atoms with van der Waals surface area (Å²) in [7, 11) is 4.16. The second-order valence-electron chi connectivity index (χ2n) is 6.72. The van der Waals surface area contributed by atoms with Crippen molar-refractivity contribution >= 4 is 0 Å². The maximum Gasteiger partial charge on any atom is 0.109 e. The first kappa shape index (κ1) is 15.9. The van der Waals surface area contributed by atoms with Crippen molar-refractivity contribution in [1.29, 1.82) is 0 Å². The van der Waals surface area contributed by atoms with E-state index in [4.69, 9.17) is 0 Å². The van der Waals surface area contributed by atoms with Crippen molar-refractivity contribution < 1.29 is 5.11 Å². The van der Waals surface area contributed by atoms with Gasteiger partial charge in [0.2, 0.25) is 0 Å². The Hall–Kier alpha value is -0.160. The van der Waals surface area contributed by atoms with Gasteiger partial charge in [0.25, 0.3) is 0 Å². The molecule has 2 N–H and O–H groups in total. The molecule has 0 aromatic carbocycles. The highest BCUT2D eigenvalue weighted by Crippen LogP contribution is 2.25. The van der Waals surface area contributed by atoms with E-state index in [1.807, 2.05) is 0 Å². The lowest BCUT2D eigenvalue weighted by molar-refractivity contribution is 0.0686. The summed E-state index contributed by atoms with van der Waals surface area (Å²) in [6.45, 7) is 10.8. The number of nitrogens with zero attached hydrogens (tertiary/aromatic N) is 2. The molecule has 0 saturated carbocycles. The van der Waals surface area contributed by atoms with Gasteiger partial charge in [0, 0.05) is 18.0 Å². The van der Waals surface area contributed by atoms with E-state index in [0.717, 1.165) is 39.0 Å². The Morgan fingerprint density at radius 1 is 1.39 bits per heavy atom. The van der Waals surface area contributed by atoms with E-state index < -0.39 is 0 Å². The number of hydrogen-bond donors (Lipinski definition) is 2. The van der Waals surface area contributed by atoms with Crippen LogP contribution >= 0.6 is 0 Å². The first-order chi connectivity index (χ1) is 8.30. The third-order valence-corrected chi connectivity index (χ3v) is 3.76. The summed E-state index contributed by atoms with van der Waals surface area (Å²) >= 11 is 0. The summed E-state index contributed by atoms with van der Waals surface area (Å²) in [5.74, 6) is 0.378. The molecule has 1 rings (SSSR count). The summed E-state index contributed by atoms with van der Waals surface area (Å²) < 4.78 is 0. The fourth-order valence-corrected chi connectivity index (χ4v) is 2.47. The molecule has 2 atom stereocenters. The zero-order valence-electron chi connectivity index (χ0n) is 12.7. The quantitative estimate of drug-likeness (QED) is 0.549. The molecule has 2 unspecified atom stereocenters. The van der Waals surface area contributed by atoms with Gasteiger partial charge in [0.05, 0.1) is 0 Å². The third kappa shape index (κ3) is 5.22. The summed E-state index contributed by atoms with van der Waals surface area (Å²) in [5, 5.41) is 13.4. The molecule has 0 radical (unpaired) electrons. The van der Waals surface area contributed by atoms with Gasteiger partial charge < -0.3 is 10.0 Å². The van der Waals surface area contributed by atoms with Gasteiger partial charge in [-0.15, -0.1) is 0 Å². The molecule has 0 aromatic rings. The molecule has 1 heterocycles. The van der Waals surface area contributed by atoms with Crippen LogP contribution in [0.4, 0.5) is 0 Å². The van der Waals surface area contributed by atoms with Crippen LogP contribution in [0.3, 0.4) is 0 Å². The van der Waals surface area contributed by atoms with E-state index in [0.29, 0.717) is 5.92 Å². The molecule has 4 heteroatoms. The molecule has 0 aliphatic carbocycles. The average molecular weight is 257 g/mol. The van der Waals surface area contributed by atoms with Gasteiger partial charge in [0.15, 0.2) is 0 Å². The Bertz CT molecular complexity index is 238. The molecule has 4 nitrogen and oxygen atoms in total. The van der Waals surface area contributed by atoms with Crippen LogP contribution in [-0.4, -0.2) is 66.9 Å². The molecule has 1 saturated heterocycles. The number of nitrogens with one attached hydrogen (secondary N) is 1. The number of hydrogen-bond acceptors (Lipinski definition) is 4. The standard InChI is InChI=1S/C14H31N3O/c1-14(2,3)17-10-7-12(11-17)13(18)15-8-6-9-16(4)5/h12-13,15,18H,6-11H2,1-5H3. The van der Waals surface area contributed by atoms with Crippen molar-refractivity contribution in [2.45, 2.75) is 45.4 Å². The lowest BCUT2D eigenvalue weighted by atomic mass is 10.1. The van der Waals surface area contributed by atoms with Gasteiger partial charge in [-0.25, -0.2) is 0 Å². The third-order valence-electron chi connectivity index (χ3n) is 3.76. The van der Waals surface area contributed by atoms with E-state index in [2.05, 4.69) is 50.0 Å². The Balaban J connectivity index is 2.21. The molecule has 1 aliphatic heterocycles. The second-order valence-corrected chi connectivity index (χ2v) is 6.72. The summed E-state index contributed by atoms with van der Waals surface area (Å²) in [6, 6.07) is 0. The largest absolute Gasteiger partial charge is 0.378 e. The van der Waals surface area contributed by atoms with E-state index in [1.54, 1.807) is 0 Å². The van der Waals surface area contributed by atoms with Crippen LogP contribution < -0.4 is 5.32 Å². The minimum absolute atomic E-state index is 0.222. The van der Waals surface area contributed by atoms with Crippen LogP contribution in [0, 0.1) is 5.92 Å². The van der Waals surface area contributed by atoms with Gasteiger partial charge >= 0.3 is 0 Å². The molecule has 18 heavy (non-hydrogen) atoms. The van der Waals surface area contributed by atoms with Crippen molar-refractivity contribution in [3.8, 4) is 0 Å². The molecule has 0 bridgehead atoms. The van der Waals surface area contributed by atoms with Crippen molar-refractivity contribution in [2.24, 2.45) is 5.92 Å². The second kappa shape index (κ2) is 6.85. The van der Waals surface area contributed by atoms with Crippen LogP contribution in [-0.2, 0) is 0 Å². The zero-order valence-corrected chi connectivity index (χ0v) is 12.7. The average Bonchev–Trinajstić information content (AvgIpc) is 2.72. The smallest absolute Gasteiger partial charge is 0.109 e. The maximum absolute atomic E-state index is 10.1. The highest BCUT2D eigenvalue weighted by molar-refractivity contribution is 4.86. The van der Waals surface area contributed by atoms with Crippen LogP contribution in [0.2, 0.25) is 0 Å². The van der Waals surface area contributed by atoms with Gasteiger partial charge in [0.1, 0.15) is 6.23 Å². The number of aliphatic hydroxyl groups excluding tert-OH is 1. The van der Waals surface area contributed by atoms with Crippen LogP contribution in [0.5, 0.6) is 0 Å². The Morgan fingerprint density at radius 3 is 2.56 bits per heavy atom. The van der Waals surface area contributed by atoms with E-state index in [9.17, 15) is 5.11 Å². The van der Waals surface area contributed by atoms with Crippen LogP contribution in [0.25, 0.3) is 0 Å². The molecule has 0 aromatic heterocycles. The predicted octanol–water partition coefficient (Wildman–Crippen LogP) is 0.967. The van der Waals surface area contributed by atoms with Crippen LogP contribution in [0.1, 0.15) is 33.6 Å². The Labute approximate surface area is 112 Å². The number of aliphatic hydroxyl groups is 1. The van der Waals surface area contributed by atoms with Crippen molar-refractivity contribution in [2.75, 3.05) is 40.3 Å². The van der Waals surface area contributed by atoms with Gasteiger partial charge in [-0.2, -0.15) is 0 Å². The van der Waals surface area contributed by atoms with E-state index >= 15 is 0 Å². The molecular weight excluding hydrogens is 226 g/mol. The van der Waals surface area contributed by atoms with Gasteiger partial charge in [-0.05, 0) is 67.3 Å². The SMILES string of the molecule is CN(C)CCCNC(O)C1CCN(C(C)(C)C)C1. The summed E-state index contributed by atoms with van der Waals surface area (Å²) in [4.78, 5) is 4.63. The number of likely N-dealkylation sites (tertiary alicyclic amines) is 1. The molecule has 108 valence electrons. The monoisotopic (exact) mass is 257 g/mol. The predicted molar refractivity (Wildman–Crippen MR) is 76.6 cm³/mol. The highest BCUT2D eigenvalue weighted by Gasteiger charge is 2.33. The minimum Gasteiger partial charge on any atom is -0.378 e. The lowest BCUT2D eigenvalue weighted by Gasteiger charge is -2.32. The lowest BCUT2D eigenvalue weighted by Crippen LogP contribution is -2.43. The first-order valence-corrected chi connectivity index (χ1v) is 7.12. The molecule has 1 fully saturated rings. The topological polar surface area (TPSA) is 38.7 Å². The molecule has 0 spiro atoms. The van der Waals surface area contributed by atoms with Crippen molar-refractivity contribution in [3.05, 3.63) is 0 Å². The minimum atomic E-state index is -0.348. The summed E-state index contributed by atoms with van der Waals surface area (Å²) in [6.07, 6.45) is 1.83. The molecule has 1 aliphatic rings. The molecule has 0 amide bonds. The fraction of sp³-hybridized carbons (Fsp3) is 1.00. The normalized spacial score (nSPS) is 23.8. The van der Waals surface area contributed by atoms with E-state index in [-0.39, 0.29) is 11.8 Å². The Morgan fingerprint density at radius 2 is 2.06 bits per heavy atom. The fourth-order valence-electron chi connectivity index (χ4n) is 2.47. The highest BCUT2D eigenvalue weighted by atomic mass is 16.3.